The summed E-state index contributed by atoms with van der Waals surface area (Å²) in [5, 5.41) is 2.72. The number of nitrogens with zero attached hydrogens (tertiary/aromatic N) is 1. The summed E-state index contributed by atoms with van der Waals surface area (Å²) in [6.45, 7) is 0.549. The van der Waals surface area contributed by atoms with E-state index in [1.54, 1.807) is 7.11 Å². The topological polar surface area (TPSA) is 31.2 Å². The molecule has 0 bridgehead atoms. The number of pyridine rings is 1. The van der Waals surface area contributed by atoms with Crippen molar-refractivity contribution < 1.29 is 4.74 Å². The van der Waals surface area contributed by atoms with E-state index >= 15 is 0 Å². The lowest BCUT2D eigenvalue weighted by atomic mass is 10.1. The molecule has 0 aliphatic heterocycles. The van der Waals surface area contributed by atoms with Gasteiger partial charge in [0.05, 0.1) is 24.6 Å². The van der Waals surface area contributed by atoms with E-state index in [1.165, 1.54) is 0 Å². The van der Waals surface area contributed by atoms with E-state index in [0.29, 0.717) is 17.7 Å². The van der Waals surface area contributed by atoms with Crippen molar-refractivity contribution in [3.63, 3.8) is 0 Å². The number of rotatable bonds is 3. The second-order valence-electron chi connectivity index (χ2n) is 5.81. The first-order chi connectivity index (χ1) is 11.8. The molecule has 4 aromatic rings. The number of hydrogen-bond donors (Lipinski definition) is 0. The highest BCUT2D eigenvalue weighted by Gasteiger charge is 2.11. The largest absolute Gasteiger partial charge is 0.497 e. The lowest BCUT2D eigenvalue weighted by Crippen LogP contribution is -2.21. The highest BCUT2D eigenvalue weighted by Crippen LogP contribution is 2.26. The summed E-state index contributed by atoms with van der Waals surface area (Å²) in [5.74, 6) is 0.696. The Morgan fingerprint density at radius 1 is 0.833 bits per heavy atom. The van der Waals surface area contributed by atoms with Crippen molar-refractivity contribution in [2.75, 3.05) is 7.11 Å². The van der Waals surface area contributed by atoms with Gasteiger partial charge >= 0.3 is 0 Å². The van der Waals surface area contributed by atoms with E-state index in [9.17, 15) is 4.79 Å². The SMILES string of the molecule is COc1ccc2c(c1)c(=O)n(Cc1ccccc1)c1ccccc21. The Kier molecular flexibility index (Phi) is 3.54. The minimum atomic E-state index is 0.00598. The third-order valence-electron chi connectivity index (χ3n) is 4.37. The Morgan fingerprint density at radius 2 is 1.58 bits per heavy atom. The second kappa shape index (κ2) is 5.85. The molecule has 4 rings (SSSR count). The number of ether oxygens (including phenoxy) is 1. The molecule has 0 N–H and O–H groups in total. The van der Waals surface area contributed by atoms with Gasteiger partial charge in [0, 0.05) is 5.39 Å². The van der Waals surface area contributed by atoms with Gasteiger partial charge in [-0.15, -0.1) is 0 Å². The first-order valence-corrected chi connectivity index (χ1v) is 7.91. The van der Waals surface area contributed by atoms with Crippen molar-refractivity contribution in [1.82, 2.24) is 4.57 Å². The molecule has 3 heteroatoms. The Bertz CT molecular complexity index is 1080. The molecule has 0 saturated heterocycles. The number of benzene rings is 3. The van der Waals surface area contributed by atoms with E-state index in [0.717, 1.165) is 21.9 Å². The van der Waals surface area contributed by atoms with Crippen LogP contribution >= 0.6 is 0 Å². The molecule has 118 valence electrons. The zero-order valence-corrected chi connectivity index (χ0v) is 13.4. The average Bonchev–Trinajstić information content (AvgIpc) is 2.65. The maximum absolute atomic E-state index is 13.1. The fourth-order valence-electron chi connectivity index (χ4n) is 3.18. The molecule has 1 aromatic heterocycles. The van der Waals surface area contributed by atoms with Gasteiger partial charge in [-0.3, -0.25) is 4.79 Å². The van der Waals surface area contributed by atoms with Crippen LogP contribution in [-0.4, -0.2) is 11.7 Å². The Balaban J connectivity index is 2.06. The van der Waals surface area contributed by atoms with E-state index < -0.39 is 0 Å². The molecule has 24 heavy (non-hydrogen) atoms. The summed E-state index contributed by atoms with van der Waals surface area (Å²) in [5.41, 5.74) is 2.06. The predicted octanol–water partition coefficient (Wildman–Crippen LogP) is 4.21. The first kappa shape index (κ1) is 14.5. The quantitative estimate of drug-likeness (QED) is 0.530. The van der Waals surface area contributed by atoms with Crippen LogP contribution in [-0.2, 0) is 6.54 Å². The number of fused-ring (bicyclic) bond motifs is 3. The van der Waals surface area contributed by atoms with Crippen LogP contribution in [0.4, 0.5) is 0 Å². The molecule has 0 radical (unpaired) electrons. The van der Waals surface area contributed by atoms with Crippen molar-refractivity contribution in [3.05, 3.63) is 88.7 Å². The molecule has 0 spiro atoms. The minimum Gasteiger partial charge on any atom is -0.497 e. The number of methoxy groups -OCH3 is 1. The highest BCUT2D eigenvalue weighted by atomic mass is 16.5. The van der Waals surface area contributed by atoms with Gasteiger partial charge in [0.1, 0.15) is 5.75 Å². The molecule has 0 atom stereocenters. The standard InChI is InChI=1S/C21H17NO2/c1-24-16-11-12-17-18-9-5-6-10-20(18)22(21(23)19(17)13-16)14-15-7-3-2-4-8-15/h2-13H,14H2,1H3. The summed E-state index contributed by atoms with van der Waals surface area (Å²) in [7, 11) is 1.62. The van der Waals surface area contributed by atoms with Crippen LogP contribution in [0.1, 0.15) is 5.56 Å². The van der Waals surface area contributed by atoms with Gasteiger partial charge < -0.3 is 9.30 Å². The smallest absolute Gasteiger partial charge is 0.259 e. The van der Waals surface area contributed by atoms with Crippen LogP contribution in [0.5, 0.6) is 5.75 Å². The van der Waals surface area contributed by atoms with Crippen LogP contribution in [0.2, 0.25) is 0 Å². The fourth-order valence-corrected chi connectivity index (χ4v) is 3.18. The van der Waals surface area contributed by atoms with E-state index in [4.69, 9.17) is 4.74 Å². The van der Waals surface area contributed by atoms with Crippen LogP contribution in [0.3, 0.4) is 0 Å². The number of hydrogen-bond acceptors (Lipinski definition) is 2. The van der Waals surface area contributed by atoms with Gasteiger partial charge in [0.2, 0.25) is 0 Å². The Hall–Kier alpha value is -3.07. The highest BCUT2D eigenvalue weighted by molar-refractivity contribution is 6.05. The summed E-state index contributed by atoms with van der Waals surface area (Å²) >= 11 is 0. The van der Waals surface area contributed by atoms with Crippen LogP contribution in [0.25, 0.3) is 21.7 Å². The van der Waals surface area contributed by atoms with E-state index in [2.05, 4.69) is 6.07 Å². The molecule has 0 amide bonds. The number of para-hydroxylation sites is 1. The summed E-state index contributed by atoms with van der Waals surface area (Å²) in [4.78, 5) is 13.1. The van der Waals surface area contributed by atoms with Gasteiger partial charge in [-0.05, 0) is 35.2 Å². The molecule has 0 saturated carbocycles. The summed E-state index contributed by atoms with van der Waals surface area (Å²) < 4.78 is 7.14. The molecular weight excluding hydrogens is 298 g/mol. The normalized spacial score (nSPS) is 11.0. The monoisotopic (exact) mass is 315 g/mol. The molecule has 3 nitrogen and oxygen atoms in total. The zero-order chi connectivity index (χ0) is 16.5. The lowest BCUT2D eigenvalue weighted by molar-refractivity contribution is 0.415. The van der Waals surface area contributed by atoms with Gasteiger partial charge in [-0.2, -0.15) is 0 Å². The minimum absolute atomic E-state index is 0.00598. The summed E-state index contributed by atoms with van der Waals surface area (Å²) in [6, 6.07) is 23.8. The van der Waals surface area contributed by atoms with E-state index in [-0.39, 0.29) is 5.56 Å². The zero-order valence-electron chi connectivity index (χ0n) is 13.4. The van der Waals surface area contributed by atoms with Gasteiger partial charge in [-0.25, -0.2) is 0 Å². The van der Waals surface area contributed by atoms with Gasteiger partial charge in [0.25, 0.3) is 5.56 Å². The number of aromatic nitrogens is 1. The molecule has 0 fully saturated rings. The molecule has 0 aliphatic rings. The first-order valence-electron chi connectivity index (χ1n) is 7.91. The maximum atomic E-state index is 13.1. The van der Waals surface area contributed by atoms with Crippen LogP contribution < -0.4 is 10.3 Å². The molecular formula is C21H17NO2. The van der Waals surface area contributed by atoms with Crippen molar-refractivity contribution >= 4 is 21.7 Å². The summed E-state index contributed by atoms with van der Waals surface area (Å²) in [6.07, 6.45) is 0. The van der Waals surface area contributed by atoms with Crippen LogP contribution in [0.15, 0.2) is 77.6 Å². The maximum Gasteiger partial charge on any atom is 0.259 e. The van der Waals surface area contributed by atoms with E-state index in [1.807, 2.05) is 71.3 Å². The third-order valence-corrected chi connectivity index (χ3v) is 4.37. The lowest BCUT2D eigenvalue weighted by Gasteiger charge is -2.14. The molecule has 0 unspecified atom stereocenters. The second-order valence-corrected chi connectivity index (χ2v) is 5.81. The van der Waals surface area contributed by atoms with Crippen molar-refractivity contribution in [2.24, 2.45) is 0 Å². The van der Waals surface area contributed by atoms with Crippen molar-refractivity contribution in [1.29, 1.82) is 0 Å². The van der Waals surface area contributed by atoms with Gasteiger partial charge in [0.15, 0.2) is 0 Å². The molecule has 0 aliphatic carbocycles. The van der Waals surface area contributed by atoms with Crippen LogP contribution in [0, 0.1) is 0 Å². The van der Waals surface area contributed by atoms with Crippen molar-refractivity contribution in [3.8, 4) is 5.75 Å². The molecule has 3 aromatic carbocycles. The predicted molar refractivity (Wildman–Crippen MR) is 97.8 cm³/mol. The Labute approximate surface area is 139 Å². The fraction of sp³-hybridized carbons (Fsp3) is 0.0952. The Morgan fingerprint density at radius 3 is 2.38 bits per heavy atom. The molecule has 1 heterocycles. The van der Waals surface area contributed by atoms with Gasteiger partial charge in [-0.1, -0.05) is 48.5 Å². The van der Waals surface area contributed by atoms with Crippen molar-refractivity contribution in [2.45, 2.75) is 6.54 Å². The third kappa shape index (κ3) is 2.35. The average molecular weight is 315 g/mol.